The van der Waals surface area contributed by atoms with E-state index in [-0.39, 0.29) is 27.8 Å². The monoisotopic (exact) mass is 395 g/mol. The molecule has 1 aliphatic heterocycles. The summed E-state index contributed by atoms with van der Waals surface area (Å²) < 4.78 is 18.3. The van der Waals surface area contributed by atoms with Crippen LogP contribution in [0.1, 0.15) is 33.2 Å². The van der Waals surface area contributed by atoms with Gasteiger partial charge in [-0.2, -0.15) is 0 Å². The highest BCUT2D eigenvalue weighted by atomic mass is 35.5. The first-order valence-electron chi connectivity index (χ1n) is 7.57. The number of carbonyl (C=O) groups is 3. The minimum atomic E-state index is -1.16. The van der Waals surface area contributed by atoms with Crippen LogP contribution in [-0.4, -0.2) is 28.7 Å². The number of amides is 2. The number of benzene rings is 2. The van der Waals surface area contributed by atoms with Gasteiger partial charge in [-0.25, -0.2) is 9.18 Å². The van der Waals surface area contributed by atoms with Crippen LogP contribution in [0.4, 0.5) is 4.39 Å². The molecule has 0 fully saturated rings. The third-order valence-electron chi connectivity index (χ3n) is 3.96. The lowest BCUT2D eigenvalue weighted by atomic mass is 10.1. The zero-order valence-electron chi connectivity index (χ0n) is 13.5. The van der Waals surface area contributed by atoms with Gasteiger partial charge in [-0.15, -0.1) is 0 Å². The van der Waals surface area contributed by atoms with Gasteiger partial charge >= 0.3 is 5.97 Å². The summed E-state index contributed by atoms with van der Waals surface area (Å²) in [6.07, 6.45) is 0. The Hall–Kier alpha value is -2.44. The molecule has 1 aliphatic rings. The minimum absolute atomic E-state index is 0.0779. The van der Waals surface area contributed by atoms with E-state index >= 15 is 0 Å². The van der Waals surface area contributed by atoms with Gasteiger partial charge in [-0.3, -0.25) is 14.5 Å². The smallest absolute Gasteiger partial charge is 0.329 e. The third kappa shape index (κ3) is 3.30. The maximum absolute atomic E-state index is 13.2. The molecular formula is C18H12Cl2FNO4. The normalized spacial score (nSPS) is 14.4. The molecule has 3 rings (SSSR count). The Morgan fingerprint density at radius 3 is 2.23 bits per heavy atom. The van der Waals surface area contributed by atoms with Crippen LogP contribution in [0.3, 0.4) is 0 Å². The van der Waals surface area contributed by atoms with Crippen molar-refractivity contribution in [2.45, 2.75) is 19.6 Å². The SMILES string of the molecule is C[C@@H](C(=O)OCc1cccc(F)c1)N1C(=O)c2cc(Cl)c(Cl)cc2C1=O. The fourth-order valence-corrected chi connectivity index (χ4v) is 2.94. The molecule has 8 heteroatoms. The second-order valence-electron chi connectivity index (χ2n) is 5.71. The molecule has 0 spiro atoms. The van der Waals surface area contributed by atoms with Gasteiger partial charge in [0.25, 0.3) is 11.8 Å². The van der Waals surface area contributed by atoms with Crippen molar-refractivity contribution in [2.24, 2.45) is 0 Å². The molecule has 0 bridgehead atoms. The molecule has 2 amide bonds. The number of halogens is 3. The first kappa shape index (κ1) is 18.4. The quantitative estimate of drug-likeness (QED) is 0.582. The molecule has 0 radical (unpaired) electrons. The minimum Gasteiger partial charge on any atom is -0.459 e. The van der Waals surface area contributed by atoms with Crippen molar-refractivity contribution in [3.8, 4) is 0 Å². The lowest BCUT2D eigenvalue weighted by Crippen LogP contribution is -2.43. The summed E-state index contributed by atoms with van der Waals surface area (Å²) in [5.41, 5.74) is 0.606. The highest BCUT2D eigenvalue weighted by Gasteiger charge is 2.42. The molecule has 0 saturated carbocycles. The number of carbonyl (C=O) groups excluding carboxylic acids is 3. The summed E-state index contributed by atoms with van der Waals surface area (Å²) in [6, 6.07) is 7.00. The predicted octanol–water partition coefficient (Wildman–Crippen LogP) is 3.86. The number of hydrogen-bond acceptors (Lipinski definition) is 4. The van der Waals surface area contributed by atoms with E-state index in [1.807, 2.05) is 0 Å². The Labute approximate surface area is 158 Å². The second kappa shape index (κ2) is 7.05. The number of imide groups is 1. The number of nitrogens with zero attached hydrogens (tertiary/aromatic N) is 1. The summed E-state index contributed by atoms with van der Waals surface area (Å²) >= 11 is 11.8. The molecule has 5 nitrogen and oxygen atoms in total. The molecule has 1 heterocycles. The Morgan fingerprint density at radius 1 is 1.12 bits per heavy atom. The molecular weight excluding hydrogens is 384 g/mol. The van der Waals surface area contributed by atoms with E-state index in [1.54, 1.807) is 6.07 Å². The Kier molecular flexibility index (Phi) is 4.98. The largest absolute Gasteiger partial charge is 0.459 e. The summed E-state index contributed by atoms with van der Waals surface area (Å²) in [5.74, 6) is -2.56. The molecule has 0 saturated heterocycles. The van der Waals surface area contributed by atoms with Gasteiger partial charge in [0.2, 0.25) is 0 Å². The van der Waals surface area contributed by atoms with Crippen LogP contribution in [0.2, 0.25) is 10.0 Å². The fourth-order valence-electron chi connectivity index (χ4n) is 2.61. The molecule has 2 aromatic rings. The lowest BCUT2D eigenvalue weighted by molar-refractivity contribution is -0.149. The van der Waals surface area contributed by atoms with Gasteiger partial charge in [0.15, 0.2) is 0 Å². The Balaban J connectivity index is 1.75. The van der Waals surface area contributed by atoms with Crippen molar-refractivity contribution in [3.05, 3.63) is 69.0 Å². The van der Waals surface area contributed by atoms with Crippen LogP contribution < -0.4 is 0 Å². The summed E-state index contributed by atoms with van der Waals surface area (Å²) in [6.45, 7) is 1.20. The first-order chi connectivity index (χ1) is 12.3. The highest BCUT2D eigenvalue weighted by molar-refractivity contribution is 6.43. The van der Waals surface area contributed by atoms with Gasteiger partial charge in [0.1, 0.15) is 18.5 Å². The lowest BCUT2D eigenvalue weighted by Gasteiger charge is -2.20. The summed E-state index contributed by atoms with van der Waals surface area (Å²) in [7, 11) is 0. The van der Waals surface area contributed by atoms with E-state index in [2.05, 4.69) is 0 Å². The van der Waals surface area contributed by atoms with Crippen LogP contribution in [-0.2, 0) is 16.1 Å². The standard InChI is InChI=1S/C18H12Cl2FNO4/c1-9(18(25)26-8-10-3-2-4-11(21)5-10)22-16(23)12-6-14(19)15(20)7-13(12)17(22)24/h2-7,9H,8H2,1H3/t9-/m0/s1. The van der Waals surface area contributed by atoms with Crippen molar-refractivity contribution in [3.63, 3.8) is 0 Å². The van der Waals surface area contributed by atoms with Gasteiger partial charge in [0.05, 0.1) is 21.2 Å². The number of hydrogen-bond donors (Lipinski definition) is 0. The molecule has 2 aromatic carbocycles. The molecule has 0 unspecified atom stereocenters. The molecule has 1 atom stereocenters. The zero-order valence-corrected chi connectivity index (χ0v) is 15.0. The maximum Gasteiger partial charge on any atom is 0.329 e. The van der Waals surface area contributed by atoms with E-state index in [4.69, 9.17) is 27.9 Å². The molecule has 134 valence electrons. The van der Waals surface area contributed by atoms with Crippen molar-refractivity contribution in [1.29, 1.82) is 0 Å². The van der Waals surface area contributed by atoms with E-state index in [9.17, 15) is 18.8 Å². The van der Waals surface area contributed by atoms with Crippen LogP contribution in [0, 0.1) is 5.82 Å². The average molecular weight is 396 g/mol. The molecule has 0 aliphatic carbocycles. The summed E-state index contributed by atoms with van der Waals surface area (Å²) in [4.78, 5) is 38.0. The second-order valence-corrected chi connectivity index (χ2v) is 6.52. The topological polar surface area (TPSA) is 63.7 Å². The van der Waals surface area contributed by atoms with E-state index in [0.717, 1.165) is 4.90 Å². The number of rotatable bonds is 4. The van der Waals surface area contributed by atoms with Crippen LogP contribution >= 0.6 is 23.2 Å². The predicted molar refractivity (Wildman–Crippen MR) is 92.6 cm³/mol. The van der Waals surface area contributed by atoms with Crippen molar-refractivity contribution in [2.75, 3.05) is 0 Å². The van der Waals surface area contributed by atoms with Gasteiger partial charge in [-0.1, -0.05) is 35.3 Å². The molecule has 0 N–H and O–H groups in total. The highest BCUT2D eigenvalue weighted by Crippen LogP contribution is 2.32. The Morgan fingerprint density at radius 2 is 1.69 bits per heavy atom. The van der Waals surface area contributed by atoms with E-state index in [1.165, 1.54) is 37.3 Å². The fraction of sp³-hybridized carbons (Fsp3) is 0.167. The van der Waals surface area contributed by atoms with Gasteiger partial charge in [-0.05, 0) is 36.8 Å². The van der Waals surface area contributed by atoms with Crippen LogP contribution in [0.5, 0.6) is 0 Å². The number of esters is 1. The van der Waals surface area contributed by atoms with Crippen molar-refractivity contribution < 1.29 is 23.5 Å². The maximum atomic E-state index is 13.2. The van der Waals surface area contributed by atoms with Gasteiger partial charge in [0, 0.05) is 0 Å². The first-order valence-corrected chi connectivity index (χ1v) is 8.33. The van der Waals surface area contributed by atoms with E-state index in [0.29, 0.717) is 5.56 Å². The molecule has 26 heavy (non-hydrogen) atoms. The summed E-state index contributed by atoms with van der Waals surface area (Å²) in [5, 5.41) is 0.268. The van der Waals surface area contributed by atoms with Crippen molar-refractivity contribution >= 4 is 41.0 Å². The number of fused-ring (bicyclic) bond motifs is 1. The van der Waals surface area contributed by atoms with E-state index < -0.39 is 29.6 Å². The Bertz CT molecular complexity index is 890. The molecule has 0 aromatic heterocycles. The third-order valence-corrected chi connectivity index (χ3v) is 4.68. The van der Waals surface area contributed by atoms with Crippen molar-refractivity contribution in [1.82, 2.24) is 4.90 Å². The zero-order chi connectivity index (χ0) is 19.0. The average Bonchev–Trinajstić information content (AvgIpc) is 2.83. The van der Waals surface area contributed by atoms with Crippen LogP contribution in [0.25, 0.3) is 0 Å². The van der Waals surface area contributed by atoms with Crippen LogP contribution in [0.15, 0.2) is 36.4 Å². The van der Waals surface area contributed by atoms with Gasteiger partial charge < -0.3 is 4.74 Å². The number of ether oxygens (including phenoxy) is 1.